The number of aromatic nitrogens is 1. The maximum atomic E-state index is 14.1. The Hall–Kier alpha value is -3.39. The van der Waals surface area contributed by atoms with E-state index >= 15 is 0 Å². The Balaban J connectivity index is 1.14. The molecular formula is C32H36F2N2O3. The third-order valence-corrected chi connectivity index (χ3v) is 6.57. The van der Waals surface area contributed by atoms with Crippen LogP contribution in [0.5, 0.6) is 5.75 Å². The zero-order chi connectivity index (χ0) is 27.3. The van der Waals surface area contributed by atoms with E-state index < -0.39 is 18.6 Å². The van der Waals surface area contributed by atoms with Crippen molar-refractivity contribution < 1.29 is 23.4 Å². The van der Waals surface area contributed by atoms with Crippen LogP contribution in [-0.2, 0) is 17.3 Å². The summed E-state index contributed by atoms with van der Waals surface area (Å²) >= 11 is 0. The van der Waals surface area contributed by atoms with E-state index in [0.717, 1.165) is 54.3 Å². The molecule has 2 N–H and O–H groups in total. The number of alkyl halides is 2. The summed E-state index contributed by atoms with van der Waals surface area (Å²) in [4.78, 5) is 4.51. The van der Waals surface area contributed by atoms with Crippen molar-refractivity contribution in [3.63, 3.8) is 0 Å². The number of pyridine rings is 1. The van der Waals surface area contributed by atoms with Gasteiger partial charge in [-0.15, -0.1) is 0 Å². The van der Waals surface area contributed by atoms with Crippen molar-refractivity contribution in [2.24, 2.45) is 0 Å². The Morgan fingerprint density at radius 2 is 1.59 bits per heavy atom. The summed E-state index contributed by atoms with van der Waals surface area (Å²) in [5.41, 5.74) is 2.60. The van der Waals surface area contributed by atoms with Gasteiger partial charge in [0.15, 0.2) is 0 Å². The first-order valence-corrected chi connectivity index (χ1v) is 13.5. The van der Waals surface area contributed by atoms with Crippen LogP contribution >= 0.6 is 0 Å². The van der Waals surface area contributed by atoms with Crippen molar-refractivity contribution in [3.05, 3.63) is 108 Å². The van der Waals surface area contributed by atoms with Crippen LogP contribution in [0.3, 0.4) is 0 Å². The van der Waals surface area contributed by atoms with E-state index in [1.807, 2.05) is 54.6 Å². The van der Waals surface area contributed by atoms with Gasteiger partial charge >= 0.3 is 0 Å². The largest absolute Gasteiger partial charge is 0.487 e. The molecule has 4 aromatic rings. The van der Waals surface area contributed by atoms with Gasteiger partial charge in [0.1, 0.15) is 24.5 Å². The third kappa shape index (κ3) is 8.55. The minimum atomic E-state index is -2.97. The molecule has 206 valence electrons. The van der Waals surface area contributed by atoms with Gasteiger partial charge in [-0.3, -0.25) is 4.98 Å². The van der Waals surface area contributed by atoms with Gasteiger partial charge in [0.2, 0.25) is 0 Å². The molecule has 3 aromatic carbocycles. The number of ether oxygens (including phenoxy) is 2. The van der Waals surface area contributed by atoms with E-state index in [4.69, 9.17) is 9.47 Å². The maximum Gasteiger partial charge on any atom is 0.296 e. The second-order valence-corrected chi connectivity index (χ2v) is 9.58. The standard InChI is InChI=1S/C32H36F2N2O3/c33-32(34,26-14-7-4-8-15-26)24-38-21-10-2-1-9-19-35-22-29(37)27-17-18-30(31-28(27)16-11-20-36-31)39-23-25-12-5-3-6-13-25/h3-8,11-18,20,29,35,37H,1-2,9-10,19,21-24H2/t29-/m0/s1. The van der Waals surface area contributed by atoms with Gasteiger partial charge in [0.25, 0.3) is 5.92 Å². The fourth-order valence-electron chi connectivity index (χ4n) is 4.43. The number of aliphatic hydroxyl groups excluding tert-OH is 1. The summed E-state index contributed by atoms with van der Waals surface area (Å²) in [5.74, 6) is -2.28. The molecule has 1 aromatic heterocycles. The van der Waals surface area contributed by atoms with Crippen LogP contribution < -0.4 is 10.1 Å². The lowest BCUT2D eigenvalue weighted by molar-refractivity contribution is -0.0831. The normalized spacial score (nSPS) is 12.5. The van der Waals surface area contributed by atoms with E-state index in [-0.39, 0.29) is 5.56 Å². The van der Waals surface area contributed by atoms with E-state index in [0.29, 0.717) is 25.5 Å². The predicted octanol–water partition coefficient (Wildman–Crippen LogP) is 6.81. The zero-order valence-electron chi connectivity index (χ0n) is 22.1. The van der Waals surface area contributed by atoms with E-state index in [1.54, 1.807) is 24.4 Å². The summed E-state index contributed by atoms with van der Waals surface area (Å²) in [6, 6.07) is 25.3. The van der Waals surface area contributed by atoms with Crippen molar-refractivity contribution in [1.82, 2.24) is 10.3 Å². The minimum absolute atomic E-state index is 0.0187. The average molecular weight is 535 g/mol. The first-order chi connectivity index (χ1) is 19.0. The van der Waals surface area contributed by atoms with Crippen molar-refractivity contribution in [1.29, 1.82) is 0 Å². The van der Waals surface area contributed by atoms with Gasteiger partial charge in [-0.2, -0.15) is 8.78 Å². The van der Waals surface area contributed by atoms with Gasteiger partial charge in [-0.25, -0.2) is 0 Å². The highest BCUT2D eigenvalue weighted by Crippen LogP contribution is 2.31. The van der Waals surface area contributed by atoms with Gasteiger partial charge in [0.05, 0.1) is 6.10 Å². The molecule has 0 bridgehead atoms. The van der Waals surface area contributed by atoms with Crippen LogP contribution in [0.4, 0.5) is 8.78 Å². The molecule has 0 spiro atoms. The minimum Gasteiger partial charge on any atom is -0.487 e. The SMILES string of the molecule is O[C@@H](CNCCCCCCOCC(F)(F)c1ccccc1)c1ccc(OCc2ccccc2)c2ncccc12. The monoisotopic (exact) mass is 534 g/mol. The third-order valence-electron chi connectivity index (χ3n) is 6.57. The zero-order valence-corrected chi connectivity index (χ0v) is 22.1. The predicted molar refractivity (Wildman–Crippen MR) is 150 cm³/mol. The number of aliphatic hydroxyl groups is 1. The number of rotatable bonds is 16. The van der Waals surface area contributed by atoms with E-state index in [9.17, 15) is 13.9 Å². The molecule has 0 aliphatic rings. The van der Waals surface area contributed by atoms with Crippen molar-refractivity contribution in [3.8, 4) is 5.75 Å². The first kappa shape index (κ1) is 28.6. The molecular weight excluding hydrogens is 498 g/mol. The summed E-state index contributed by atoms with van der Waals surface area (Å²) < 4.78 is 39.5. The average Bonchev–Trinajstić information content (AvgIpc) is 2.97. The summed E-state index contributed by atoms with van der Waals surface area (Å²) in [6.45, 7) is 1.36. The Labute approximate surface area is 228 Å². The Morgan fingerprint density at radius 3 is 2.38 bits per heavy atom. The molecule has 7 heteroatoms. The van der Waals surface area contributed by atoms with Crippen molar-refractivity contribution in [2.45, 2.75) is 44.3 Å². The molecule has 0 radical (unpaired) electrons. The summed E-state index contributed by atoms with van der Waals surface area (Å²) in [6.07, 6.45) is 4.59. The molecule has 4 rings (SSSR count). The fourth-order valence-corrected chi connectivity index (χ4v) is 4.43. The second-order valence-electron chi connectivity index (χ2n) is 9.58. The fraction of sp³-hybridized carbons (Fsp3) is 0.344. The lowest BCUT2D eigenvalue weighted by Crippen LogP contribution is -2.23. The molecule has 0 saturated carbocycles. The van der Waals surface area contributed by atoms with Gasteiger partial charge in [-0.05, 0) is 42.6 Å². The van der Waals surface area contributed by atoms with Crippen LogP contribution in [0.2, 0.25) is 0 Å². The molecule has 0 unspecified atom stereocenters. The summed E-state index contributed by atoms with van der Waals surface area (Å²) in [7, 11) is 0. The topological polar surface area (TPSA) is 63.6 Å². The number of nitrogens with zero attached hydrogens (tertiary/aromatic N) is 1. The number of benzene rings is 3. The van der Waals surface area contributed by atoms with Crippen LogP contribution in [0, 0.1) is 0 Å². The lowest BCUT2D eigenvalue weighted by Gasteiger charge is -2.17. The molecule has 1 heterocycles. The smallest absolute Gasteiger partial charge is 0.296 e. The van der Waals surface area contributed by atoms with Gasteiger partial charge in [-0.1, -0.05) is 85.6 Å². The van der Waals surface area contributed by atoms with Gasteiger partial charge < -0.3 is 19.9 Å². The highest BCUT2D eigenvalue weighted by Gasteiger charge is 2.31. The van der Waals surface area contributed by atoms with Crippen LogP contribution in [0.25, 0.3) is 10.9 Å². The van der Waals surface area contributed by atoms with Gasteiger partial charge in [0, 0.05) is 30.3 Å². The lowest BCUT2D eigenvalue weighted by atomic mass is 10.0. The quantitative estimate of drug-likeness (QED) is 0.155. The van der Waals surface area contributed by atoms with Crippen LogP contribution in [0.1, 0.15) is 48.5 Å². The number of hydrogen-bond donors (Lipinski definition) is 2. The number of fused-ring (bicyclic) bond motifs is 1. The number of unbranched alkanes of at least 4 members (excludes halogenated alkanes) is 3. The summed E-state index contributed by atoms with van der Waals surface area (Å²) in [5, 5.41) is 15.0. The number of halogens is 2. The molecule has 1 atom stereocenters. The molecule has 0 saturated heterocycles. The molecule has 0 aliphatic carbocycles. The van der Waals surface area contributed by atoms with E-state index in [2.05, 4.69) is 10.3 Å². The molecule has 0 aliphatic heterocycles. The molecule has 0 fully saturated rings. The maximum absolute atomic E-state index is 14.1. The number of nitrogens with one attached hydrogen (secondary N) is 1. The van der Waals surface area contributed by atoms with Crippen LogP contribution in [0.15, 0.2) is 91.1 Å². The molecule has 5 nitrogen and oxygen atoms in total. The first-order valence-electron chi connectivity index (χ1n) is 13.5. The highest BCUT2D eigenvalue weighted by atomic mass is 19.3. The Bertz CT molecular complexity index is 1270. The number of hydrogen-bond acceptors (Lipinski definition) is 5. The molecule has 0 amide bonds. The highest BCUT2D eigenvalue weighted by molar-refractivity contribution is 5.87. The molecule has 39 heavy (non-hydrogen) atoms. The Morgan fingerprint density at radius 1 is 0.846 bits per heavy atom. The van der Waals surface area contributed by atoms with Crippen LogP contribution in [-0.4, -0.2) is 36.4 Å². The van der Waals surface area contributed by atoms with Crippen molar-refractivity contribution in [2.75, 3.05) is 26.3 Å². The second kappa shape index (κ2) is 14.7. The Kier molecular flexibility index (Phi) is 10.8. The van der Waals surface area contributed by atoms with Crippen molar-refractivity contribution >= 4 is 10.9 Å². The van der Waals surface area contributed by atoms with E-state index in [1.165, 1.54) is 12.1 Å².